The Kier molecular flexibility index (Phi) is 8.60. The zero-order valence-electron chi connectivity index (χ0n) is 21.1. The number of ether oxygens (including phenoxy) is 4. The van der Waals surface area contributed by atoms with Gasteiger partial charge in [-0.3, -0.25) is 0 Å². The van der Waals surface area contributed by atoms with Crippen molar-refractivity contribution in [2.75, 3.05) is 20.8 Å². The van der Waals surface area contributed by atoms with Crippen molar-refractivity contribution in [3.8, 4) is 45.0 Å². The molecule has 2 N–H and O–H groups in total. The minimum atomic E-state index is -0.853. The Balaban J connectivity index is 1.40. The molecule has 1 aromatic heterocycles. The van der Waals surface area contributed by atoms with E-state index >= 15 is 0 Å². The second-order valence-electron chi connectivity index (χ2n) is 8.47. The number of hydrogen-bond donors (Lipinski definition) is 2. The van der Waals surface area contributed by atoms with Gasteiger partial charge in [0.25, 0.3) is 0 Å². The standard InChI is InChI=1S/C28H30N2O6S/c1-17(16-31)35-22-10-5-19(6-11-22)27-29-28(37-30-27)20-7-12-23(13-8-20)36-18(2)26(32)21-9-14-24(33-3)25(15-21)34-4/h5-15,17-18,26,31-32H,16H2,1-4H3. The van der Waals surface area contributed by atoms with Crippen molar-refractivity contribution in [1.82, 2.24) is 9.36 Å². The number of hydrogen-bond acceptors (Lipinski definition) is 9. The number of methoxy groups -OCH3 is 2. The first-order chi connectivity index (χ1) is 17.9. The summed E-state index contributed by atoms with van der Waals surface area (Å²) in [5.74, 6) is 3.09. The van der Waals surface area contributed by atoms with Crippen LogP contribution in [0.3, 0.4) is 0 Å². The van der Waals surface area contributed by atoms with Gasteiger partial charge in [-0.1, -0.05) is 6.07 Å². The van der Waals surface area contributed by atoms with Gasteiger partial charge >= 0.3 is 0 Å². The molecule has 0 aliphatic carbocycles. The molecule has 0 aliphatic heterocycles. The third kappa shape index (κ3) is 6.37. The first-order valence-corrected chi connectivity index (χ1v) is 12.6. The van der Waals surface area contributed by atoms with Gasteiger partial charge in [-0.2, -0.15) is 4.37 Å². The predicted octanol–water partition coefficient (Wildman–Crippen LogP) is 5.15. The molecule has 1 heterocycles. The van der Waals surface area contributed by atoms with Crippen molar-refractivity contribution < 1.29 is 29.2 Å². The molecular weight excluding hydrogens is 492 g/mol. The van der Waals surface area contributed by atoms with E-state index in [1.54, 1.807) is 39.3 Å². The summed E-state index contributed by atoms with van der Waals surface area (Å²) in [5.41, 5.74) is 2.47. The number of aromatic nitrogens is 2. The lowest BCUT2D eigenvalue weighted by atomic mass is 10.0. The molecule has 4 rings (SSSR count). The maximum Gasteiger partial charge on any atom is 0.173 e. The highest BCUT2D eigenvalue weighted by Crippen LogP contribution is 2.33. The Morgan fingerprint density at radius 1 is 0.811 bits per heavy atom. The zero-order chi connectivity index (χ0) is 26.4. The van der Waals surface area contributed by atoms with Crippen LogP contribution in [0, 0.1) is 0 Å². The number of aliphatic hydroxyl groups excluding tert-OH is 2. The highest BCUT2D eigenvalue weighted by Gasteiger charge is 2.20. The molecule has 8 nitrogen and oxygen atoms in total. The van der Waals surface area contributed by atoms with E-state index in [0.717, 1.165) is 16.1 Å². The van der Waals surface area contributed by atoms with Crippen LogP contribution in [-0.4, -0.2) is 52.6 Å². The predicted molar refractivity (Wildman–Crippen MR) is 143 cm³/mol. The van der Waals surface area contributed by atoms with E-state index in [2.05, 4.69) is 9.36 Å². The fraction of sp³-hybridized carbons (Fsp3) is 0.286. The van der Waals surface area contributed by atoms with E-state index in [4.69, 9.17) is 24.1 Å². The molecular formula is C28H30N2O6S. The maximum atomic E-state index is 10.8. The minimum absolute atomic E-state index is 0.0417. The largest absolute Gasteiger partial charge is 0.493 e. The van der Waals surface area contributed by atoms with Crippen molar-refractivity contribution in [2.45, 2.75) is 32.2 Å². The minimum Gasteiger partial charge on any atom is -0.493 e. The van der Waals surface area contributed by atoms with Gasteiger partial charge in [0.2, 0.25) is 0 Å². The Hall–Kier alpha value is -3.66. The zero-order valence-corrected chi connectivity index (χ0v) is 21.9. The Bertz CT molecular complexity index is 1290. The summed E-state index contributed by atoms with van der Waals surface area (Å²) in [6.07, 6.45) is -1.61. The monoisotopic (exact) mass is 522 g/mol. The number of rotatable bonds is 11. The number of benzene rings is 3. The first kappa shape index (κ1) is 26.4. The lowest BCUT2D eigenvalue weighted by Crippen LogP contribution is -2.21. The lowest BCUT2D eigenvalue weighted by molar-refractivity contribution is 0.0466. The lowest BCUT2D eigenvalue weighted by Gasteiger charge is -2.22. The van der Waals surface area contributed by atoms with Crippen LogP contribution in [0.25, 0.3) is 22.0 Å². The fourth-order valence-electron chi connectivity index (χ4n) is 3.67. The Labute approximate surface area is 220 Å². The Morgan fingerprint density at radius 2 is 1.43 bits per heavy atom. The number of nitrogens with zero attached hydrogens (tertiary/aromatic N) is 2. The van der Waals surface area contributed by atoms with E-state index in [0.29, 0.717) is 34.4 Å². The fourth-order valence-corrected chi connectivity index (χ4v) is 4.36. The molecule has 0 saturated carbocycles. The van der Waals surface area contributed by atoms with Crippen LogP contribution in [0.5, 0.6) is 23.0 Å². The van der Waals surface area contributed by atoms with Gasteiger partial charge in [-0.15, -0.1) is 0 Å². The molecule has 0 amide bonds. The third-order valence-corrected chi connectivity index (χ3v) is 6.51. The van der Waals surface area contributed by atoms with Crippen molar-refractivity contribution in [2.24, 2.45) is 0 Å². The topological polar surface area (TPSA) is 103 Å². The molecule has 37 heavy (non-hydrogen) atoms. The molecule has 0 bridgehead atoms. The number of aliphatic hydroxyl groups is 2. The summed E-state index contributed by atoms with van der Waals surface area (Å²) < 4.78 is 26.7. The molecule has 9 heteroatoms. The maximum absolute atomic E-state index is 10.8. The van der Waals surface area contributed by atoms with Crippen molar-refractivity contribution in [3.05, 3.63) is 72.3 Å². The van der Waals surface area contributed by atoms with Gasteiger partial charge in [-0.25, -0.2) is 4.98 Å². The van der Waals surface area contributed by atoms with Crippen LogP contribution in [0.15, 0.2) is 66.7 Å². The van der Waals surface area contributed by atoms with Gasteiger partial charge in [-0.05, 0) is 91.6 Å². The second-order valence-corrected chi connectivity index (χ2v) is 9.22. The van der Waals surface area contributed by atoms with Gasteiger partial charge < -0.3 is 29.2 Å². The quantitative estimate of drug-likeness (QED) is 0.279. The molecule has 3 atom stereocenters. The van der Waals surface area contributed by atoms with Crippen LogP contribution >= 0.6 is 11.5 Å². The summed E-state index contributed by atoms with van der Waals surface area (Å²) in [4.78, 5) is 4.67. The molecule has 0 radical (unpaired) electrons. The van der Waals surface area contributed by atoms with E-state index in [1.165, 1.54) is 11.5 Å². The highest BCUT2D eigenvalue weighted by molar-refractivity contribution is 7.09. The van der Waals surface area contributed by atoms with Crippen LogP contribution in [-0.2, 0) is 0 Å². The van der Waals surface area contributed by atoms with E-state index < -0.39 is 12.2 Å². The summed E-state index contributed by atoms with van der Waals surface area (Å²) in [6.45, 7) is 3.58. The summed E-state index contributed by atoms with van der Waals surface area (Å²) >= 11 is 1.32. The van der Waals surface area contributed by atoms with Crippen molar-refractivity contribution >= 4 is 11.5 Å². The van der Waals surface area contributed by atoms with Gasteiger partial charge in [0.15, 0.2) is 17.3 Å². The smallest absolute Gasteiger partial charge is 0.173 e. The normalized spacial score (nSPS) is 13.5. The van der Waals surface area contributed by atoms with Gasteiger partial charge in [0, 0.05) is 11.1 Å². The second kappa shape index (κ2) is 12.1. The van der Waals surface area contributed by atoms with Crippen LogP contribution in [0.4, 0.5) is 0 Å². The van der Waals surface area contributed by atoms with Crippen LogP contribution in [0.1, 0.15) is 25.5 Å². The van der Waals surface area contributed by atoms with Crippen molar-refractivity contribution in [1.29, 1.82) is 0 Å². The molecule has 4 aromatic rings. The van der Waals surface area contributed by atoms with Gasteiger partial charge in [0.1, 0.15) is 34.8 Å². The SMILES string of the molecule is COc1ccc(C(O)C(C)Oc2ccc(-c3nc(-c4ccc(OC(C)CO)cc4)ns3)cc2)cc1OC. The summed E-state index contributed by atoms with van der Waals surface area (Å²) in [5, 5.41) is 20.7. The van der Waals surface area contributed by atoms with Crippen LogP contribution in [0.2, 0.25) is 0 Å². The molecule has 0 spiro atoms. The Morgan fingerprint density at radius 3 is 2.05 bits per heavy atom. The summed E-state index contributed by atoms with van der Waals surface area (Å²) in [6, 6.07) is 20.3. The third-order valence-electron chi connectivity index (χ3n) is 5.75. The molecule has 0 fully saturated rings. The van der Waals surface area contributed by atoms with E-state index in [-0.39, 0.29) is 12.7 Å². The summed E-state index contributed by atoms with van der Waals surface area (Å²) in [7, 11) is 3.13. The van der Waals surface area contributed by atoms with Crippen molar-refractivity contribution in [3.63, 3.8) is 0 Å². The first-order valence-electron chi connectivity index (χ1n) is 11.8. The molecule has 3 unspecified atom stereocenters. The average molecular weight is 523 g/mol. The van der Waals surface area contributed by atoms with E-state index in [9.17, 15) is 5.11 Å². The molecule has 3 aromatic carbocycles. The molecule has 0 aliphatic rings. The van der Waals surface area contributed by atoms with Crippen LogP contribution < -0.4 is 18.9 Å². The van der Waals surface area contributed by atoms with Gasteiger partial charge in [0.05, 0.1) is 20.8 Å². The highest BCUT2D eigenvalue weighted by atomic mass is 32.1. The molecule has 194 valence electrons. The van der Waals surface area contributed by atoms with E-state index in [1.807, 2.05) is 55.5 Å². The average Bonchev–Trinajstić information content (AvgIpc) is 3.43. The molecule has 0 saturated heterocycles.